The Morgan fingerprint density at radius 1 is 1.62 bits per heavy atom. The van der Waals surface area contributed by atoms with Gasteiger partial charge in [0.2, 0.25) is 0 Å². The van der Waals surface area contributed by atoms with Crippen LogP contribution in [0.5, 0.6) is 0 Å². The van der Waals surface area contributed by atoms with Crippen molar-refractivity contribution in [2.75, 3.05) is 12.3 Å². The van der Waals surface area contributed by atoms with Crippen LogP contribution in [0.15, 0.2) is 17.1 Å². The molecule has 0 radical (unpaired) electrons. The maximum atomic E-state index is 11.6. The molecule has 0 unspecified atom stereocenters. The number of nitrogens with zero attached hydrogens (tertiary/aromatic N) is 2. The Balaban J connectivity index is 1.91. The molecule has 16 heavy (non-hydrogen) atoms. The Bertz CT molecular complexity index is 473. The first-order valence-corrected chi connectivity index (χ1v) is 5.31. The summed E-state index contributed by atoms with van der Waals surface area (Å²) in [5.41, 5.74) is 5.03. The van der Waals surface area contributed by atoms with Gasteiger partial charge in [-0.3, -0.25) is 4.57 Å². The quantitative estimate of drug-likeness (QED) is 0.695. The van der Waals surface area contributed by atoms with E-state index in [2.05, 4.69) is 4.98 Å². The summed E-state index contributed by atoms with van der Waals surface area (Å²) in [6.07, 6.45) is 2.18. The first-order chi connectivity index (χ1) is 7.70. The van der Waals surface area contributed by atoms with E-state index in [0.717, 1.165) is 6.42 Å². The summed E-state index contributed by atoms with van der Waals surface area (Å²) in [5.74, 6) is 0.935. The van der Waals surface area contributed by atoms with Crippen LogP contribution in [0.1, 0.15) is 12.6 Å². The largest absolute Gasteiger partial charge is 0.394 e. The van der Waals surface area contributed by atoms with Gasteiger partial charge in [-0.05, 0) is 18.4 Å². The summed E-state index contributed by atoms with van der Waals surface area (Å²) in [7, 11) is 0. The minimum absolute atomic E-state index is 0.00875. The second kappa shape index (κ2) is 3.29. The highest BCUT2D eigenvalue weighted by Crippen LogP contribution is 2.56. The Labute approximate surface area is 91.7 Å². The lowest BCUT2D eigenvalue weighted by Gasteiger charge is -2.18. The number of anilines is 1. The monoisotopic (exact) mass is 223 g/mol. The third-order valence-electron chi connectivity index (χ3n) is 3.35. The topological polar surface area (TPSA) is 90.4 Å². The van der Waals surface area contributed by atoms with Gasteiger partial charge in [0.15, 0.2) is 0 Å². The smallest absolute Gasteiger partial charge is 0.351 e. The molecule has 1 aliphatic heterocycles. The van der Waals surface area contributed by atoms with E-state index in [1.54, 1.807) is 12.3 Å². The summed E-state index contributed by atoms with van der Waals surface area (Å²) in [6, 6.07) is 1.58. The Hall–Kier alpha value is -1.40. The van der Waals surface area contributed by atoms with E-state index in [-0.39, 0.29) is 24.8 Å². The van der Waals surface area contributed by atoms with Crippen molar-refractivity contribution in [3.63, 3.8) is 0 Å². The molecule has 0 bridgehead atoms. The average molecular weight is 223 g/mol. The van der Waals surface area contributed by atoms with Gasteiger partial charge in [0.05, 0.1) is 12.7 Å². The lowest BCUT2D eigenvalue weighted by Crippen LogP contribution is -2.29. The van der Waals surface area contributed by atoms with E-state index in [1.807, 2.05) is 0 Å². The van der Waals surface area contributed by atoms with E-state index >= 15 is 0 Å². The Morgan fingerprint density at radius 2 is 2.44 bits per heavy atom. The second-order valence-electron chi connectivity index (χ2n) is 4.35. The van der Waals surface area contributed by atoms with Gasteiger partial charge in [-0.15, -0.1) is 0 Å². The lowest BCUT2D eigenvalue weighted by molar-refractivity contribution is -0.0516. The second-order valence-corrected chi connectivity index (χ2v) is 4.35. The van der Waals surface area contributed by atoms with Crippen LogP contribution in [-0.2, 0) is 4.74 Å². The molecule has 1 saturated carbocycles. The number of hydrogen-bond donors (Lipinski definition) is 2. The van der Waals surface area contributed by atoms with Crippen LogP contribution in [0, 0.1) is 11.8 Å². The van der Waals surface area contributed by atoms with Crippen LogP contribution >= 0.6 is 0 Å². The summed E-state index contributed by atoms with van der Waals surface area (Å²) in [6.45, 7) is 0.00875. The number of hydrogen-bond acceptors (Lipinski definition) is 5. The molecule has 3 N–H and O–H groups in total. The fraction of sp³-hybridized carbons (Fsp3) is 0.600. The van der Waals surface area contributed by atoms with Crippen molar-refractivity contribution >= 4 is 5.82 Å². The van der Waals surface area contributed by atoms with Gasteiger partial charge in [-0.2, -0.15) is 4.98 Å². The van der Waals surface area contributed by atoms with Crippen molar-refractivity contribution in [2.45, 2.75) is 18.8 Å². The predicted molar refractivity (Wildman–Crippen MR) is 55.5 cm³/mol. The molecular formula is C10H13N3O3. The zero-order chi connectivity index (χ0) is 11.3. The maximum absolute atomic E-state index is 11.6. The molecule has 2 aliphatic rings. The third kappa shape index (κ3) is 1.34. The van der Waals surface area contributed by atoms with Crippen molar-refractivity contribution in [1.82, 2.24) is 9.55 Å². The van der Waals surface area contributed by atoms with Gasteiger partial charge >= 0.3 is 5.69 Å². The Kier molecular flexibility index (Phi) is 2.02. The minimum Gasteiger partial charge on any atom is -0.394 e. The molecule has 0 spiro atoms. The van der Waals surface area contributed by atoms with Crippen molar-refractivity contribution in [2.24, 2.45) is 11.8 Å². The molecule has 1 aromatic rings. The summed E-state index contributed by atoms with van der Waals surface area (Å²) in [4.78, 5) is 15.3. The van der Waals surface area contributed by atoms with Gasteiger partial charge in [-0.1, -0.05) is 0 Å². The van der Waals surface area contributed by atoms with Crippen LogP contribution in [0.2, 0.25) is 0 Å². The SMILES string of the molecule is Nc1ccn([C@H]2O[C@@H](CO)[C@H]3C[C@H]32)c(=O)n1. The van der Waals surface area contributed by atoms with Crippen LogP contribution in [-0.4, -0.2) is 27.4 Å². The highest BCUT2D eigenvalue weighted by atomic mass is 16.5. The van der Waals surface area contributed by atoms with Crippen molar-refractivity contribution in [1.29, 1.82) is 0 Å². The fourth-order valence-corrected chi connectivity index (χ4v) is 2.44. The number of ether oxygens (including phenoxy) is 1. The van der Waals surface area contributed by atoms with Gasteiger partial charge < -0.3 is 15.6 Å². The average Bonchev–Trinajstić information content (AvgIpc) is 2.96. The van der Waals surface area contributed by atoms with Crippen molar-refractivity contribution < 1.29 is 9.84 Å². The van der Waals surface area contributed by atoms with Crippen LogP contribution < -0.4 is 11.4 Å². The molecule has 86 valence electrons. The molecule has 2 heterocycles. The molecule has 4 atom stereocenters. The Morgan fingerprint density at radius 3 is 3.06 bits per heavy atom. The standard InChI is InChI=1S/C10H13N3O3/c11-8-1-2-13(10(15)12-8)9-6-3-5(6)7(4-14)16-9/h1-2,5-7,9,14H,3-4H2,(H2,11,12,15)/t5-,6+,7-,9-/m0/s1. The van der Waals surface area contributed by atoms with E-state index in [4.69, 9.17) is 15.6 Å². The molecular weight excluding hydrogens is 210 g/mol. The number of fused-ring (bicyclic) bond motifs is 1. The fourth-order valence-electron chi connectivity index (χ4n) is 2.44. The van der Waals surface area contributed by atoms with Crippen molar-refractivity contribution in [3.05, 3.63) is 22.7 Å². The van der Waals surface area contributed by atoms with Gasteiger partial charge in [0.1, 0.15) is 12.0 Å². The molecule has 3 rings (SSSR count). The van der Waals surface area contributed by atoms with Gasteiger partial charge in [0, 0.05) is 12.1 Å². The van der Waals surface area contributed by atoms with Crippen molar-refractivity contribution in [3.8, 4) is 0 Å². The zero-order valence-corrected chi connectivity index (χ0v) is 8.61. The summed E-state index contributed by atoms with van der Waals surface area (Å²) in [5, 5.41) is 9.09. The predicted octanol–water partition coefficient (Wildman–Crippen LogP) is -0.649. The first-order valence-electron chi connectivity index (χ1n) is 5.31. The third-order valence-corrected chi connectivity index (χ3v) is 3.35. The van der Waals surface area contributed by atoms with E-state index < -0.39 is 5.69 Å². The number of nitrogens with two attached hydrogens (primary N) is 1. The molecule has 1 aromatic heterocycles. The molecule has 2 fully saturated rings. The lowest BCUT2D eigenvalue weighted by atomic mass is 10.2. The molecule has 1 aliphatic carbocycles. The van der Waals surface area contributed by atoms with E-state index in [9.17, 15) is 4.79 Å². The zero-order valence-electron chi connectivity index (χ0n) is 8.61. The molecule has 0 aromatic carbocycles. The molecule has 6 nitrogen and oxygen atoms in total. The molecule has 0 amide bonds. The highest BCUT2D eigenvalue weighted by molar-refractivity contribution is 5.23. The number of aliphatic hydroxyl groups is 1. The molecule has 6 heteroatoms. The van der Waals surface area contributed by atoms with Gasteiger partial charge in [-0.25, -0.2) is 4.79 Å². The first kappa shape index (κ1) is 9.80. The van der Waals surface area contributed by atoms with Crippen LogP contribution in [0.4, 0.5) is 5.82 Å². The number of aromatic nitrogens is 2. The van der Waals surface area contributed by atoms with E-state index in [0.29, 0.717) is 11.8 Å². The normalized spacial score (nSPS) is 36.1. The van der Waals surface area contributed by atoms with Crippen LogP contribution in [0.25, 0.3) is 0 Å². The number of rotatable bonds is 2. The number of nitrogen functional groups attached to an aromatic ring is 1. The molecule has 1 saturated heterocycles. The van der Waals surface area contributed by atoms with E-state index in [1.165, 1.54) is 4.57 Å². The summed E-state index contributed by atoms with van der Waals surface area (Å²) >= 11 is 0. The number of aliphatic hydroxyl groups excluding tert-OH is 1. The maximum Gasteiger partial charge on any atom is 0.351 e. The van der Waals surface area contributed by atoms with Gasteiger partial charge in [0.25, 0.3) is 0 Å². The highest BCUT2D eigenvalue weighted by Gasteiger charge is 2.56. The summed E-state index contributed by atoms with van der Waals surface area (Å²) < 4.78 is 7.07. The van der Waals surface area contributed by atoms with Crippen LogP contribution in [0.3, 0.4) is 0 Å². The minimum atomic E-state index is -0.394.